The fraction of sp³-hybridized carbons (Fsp3) is 0.500. The SMILES string of the molecule is C[C@@H](OC(=O)CCCN1C(=O)NC2(CCCC2)C1=O)C(=O)Nc1ccc(F)cc1. The van der Waals surface area contributed by atoms with Crippen molar-refractivity contribution < 1.29 is 28.3 Å². The van der Waals surface area contributed by atoms with E-state index < -0.39 is 35.4 Å². The molecule has 0 radical (unpaired) electrons. The molecule has 1 aliphatic carbocycles. The molecule has 0 unspecified atom stereocenters. The highest BCUT2D eigenvalue weighted by molar-refractivity contribution is 6.07. The van der Waals surface area contributed by atoms with E-state index in [2.05, 4.69) is 10.6 Å². The Balaban J connectivity index is 1.41. The van der Waals surface area contributed by atoms with Crippen LogP contribution in [0.15, 0.2) is 24.3 Å². The van der Waals surface area contributed by atoms with Crippen LogP contribution in [-0.2, 0) is 19.1 Å². The summed E-state index contributed by atoms with van der Waals surface area (Å²) >= 11 is 0. The summed E-state index contributed by atoms with van der Waals surface area (Å²) in [6, 6.07) is 4.79. The van der Waals surface area contributed by atoms with Crippen molar-refractivity contribution in [2.24, 2.45) is 0 Å². The van der Waals surface area contributed by atoms with Gasteiger partial charge in [-0.3, -0.25) is 19.3 Å². The van der Waals surface area contributed by atoms with Gasteiger partial charge in [-0.05, 0) is 50.5 Å². The van der Waals surface area contributed by atoms with Crippen molar-refractivity contribution >= 4 is 29.5 Å². The average Bonchev–Trinajstić information content (AvgIpc) is 3.24. The molecule has 0 bridgehead atoms. The number of esters is 1. The molecule has 0 aromatic heterocycles. The molecule has 29 heavy (non-hydrogen) atoms. The third-order valence-corrected chi connectivity index (χ3v) is 5.25. The van der Waals surface area contributed by atoms with Crippen LogP contribution in [0.4, 0.5) is 14.9 Å². The van der Waals surface area contributed by atoms with E-state index in [-0.39, 0.29) is 25.3 Å². The summed E-state index contributed by atoms with van der Waals surface area (Å²) in [5, 5.41) is 5.31. The zero-order valence-corrected chi connectivity index (χ0v) is 16.2. The Morgan fingerprint density at radius 2 is 1.90 bits per heavy atom. The lowest BCUT2D eigenvalue weighted by Gasteiger charge is -2.20. The number of carbonyl (C=O) groups is 4. The fourth-order valence-corrected chi connectivity index (χ4v) is 3.66. The Hall–Kier alpha value is -2.97. The number of ether oxygens (including phenoxy) is 1. The van der Waals surface area contributed by atoms with Crippen molar-refractivity contribution in [3.8, 4) is 0 Å². The van der Waals surface area contributed by atoms with Crippen molar-refractivity contribution in [1.82, 2.24) is 10.2 Å². The van der Waals surface area contributed by atoms with E-state index >= 15 is 0 Å². The first-order valence-electron chi connectivity index (χ1n) is 9.71. The second kappa shape index (κ2) is 8.59. The molecule has 3 rings (SSSR count). The molecule has 1 heterocycles. The molecule has 1 atom stereocenters. The van der Waals surface area contributed by atoms with Crippen molar-refractivity contribution in [1.29, 1.82) is 0 Å². The van der Waals surface area contributed by atoms with Crippen molar-refractivity contribution in [3.05, 3.63) is 30.1 Å². The smallest absolute Gasteiger partial charge is 0.325 e. The predicted octanol–water partition coefficient (Wildman–Crippen LogP) is 2.34. The first kappa shape index (κ1) is 20.8. The summed E-state index contributed by atoms with van der Waals surface area (Å²) in [5.41, 5.74) is -0.372. The molecule has 8 nitrogen and oxygen atoms in total. The van der Waals surface area contributed by atoms with Crippen LogP contribution in [0.25, 0.3) is 0 Å². The maximum Gasteiger partial charge on any atom is 0.325 e. The first-order valence-corrected chi connectivity index (χ1v) is 9.71. The molecule has 9 heteroatoms. The van der Waals surface area contributed by atoms with Gasteiger partial charge in [0.25, 0.3) is 11.8 Å². The third-order valence-electron chi connectivity index (χ3n) is 5.25. The number of imide groups is 1. The van der Waals surface area contributed by atoms with E-state index in [9.17, 15) is 23.6 Å². The topological polar surface area (TPSA) is 105 Å². The van der Waals surface area contributed by atoms with E-state index in [1.807, 2.05) is 0 Å². The second-order valence-electron chi connectivity index (χ2n) is 7.41. The molecule has 2 N–H and O–H groups in total. The Morgan fingerprint density at radius 3 is 2.55 bits per heavy atom. The van der Waals surface area contributed by atoms with Crippen LogP contribution in [0, 0.1) is 5.82 Å². The molecule has 1 saturated heterocycles. The van der Waals surface area contributed by atoms with Crippen LogP contribution in [-0.4, -0.2) is 46.9 Å². The molecule has 2 aliphatic rings. The quantitative estimate of drug-likeness (QED) is 0.535. The van der Waals surface area contributed by atoms with Gasteiger partial charge in [0.1, 0.15) is 11.4 Å². The van der Waals surface area contributed by atoms with E-state index in [1.165, 1.54) is 31.2 Å². The summed E-state index contributed by atoms with van der Waals surface area (Å²) in [4.78, 5) is 49.8. The summed E-state index contributed by atoms with van der Waals surface area (Å²) in [6.45, 7) is 1.55. The fourth-order valence-electron chi connectivity index (χ4n) is 3.66. The molecule has 156 valence electrons. The number of anilines is 1. The van der Waals surface area contributed by atoms with Crippen LogP contribution < -0.4 is 10.6 Å². The van der Waals surface area contributed by atoms with Crippen molar-refractivity contribution in [3.63, 3.8) is 0 Å². The number of benzene rings is 1. The van der Waals surface area contributed by atoms with Gasteiger partial charge in [0.15, 0.2) is 6.10 Å². The van der Waals surface area contributed by atoms with Crippen molar-refractivity contribution in [2.45, 2.75) is 57.1 Å². The number of nitrogens with zero attached hydrogens (tertiary/aromatic N) is 1. The van der Waals surface area contributed by atoms with Gasteiger partial charge < -0.3 is 15.4 Å². The zero-order chi connectivity index (χ0) is 21.0. The molecule has 1 saturated carbocycles. The standard InChI is InChI=1S/C20H24FN3O5/c1-13(17(26)22-15-8-6-14(21)7-9-15)29-16(25)5-4-12-24-18(27)20(23-19(24)28)10-2-3-11-20/h6-9,13H,2-5,10-12H2,1H3,(H,22,26)(H,23,28)/t13-/m1/s1. The largest absolute Gasteiger partial charge is 0.453 e. The monoisotopic (exact) mass is 405 g/mol. The van der Waals surface area contributed by atoms with Gasteiger partial charge in [-0.2, -0.15) is 0 Å². The average molecular weight is 405 g/mol. The van der Waals surface area contributed by atoms with Gasteiger partial charge in [-0.1, -0.05) is 12.8 Å². The van der Waals surface area contributed by atoms with Gasteiger partial charge in [-0.15, -0.1) is 0 Å². The van der Waals surface area contributed by atoms with Crippen LogP contribution >= 0.6 is 0 Å². The lowest BCUT2D eigenvalue weighted by atomic mass is 9.98. The predicted molar refractivity (Wildman–Crippen MR) is 101 cm³/mol. The minimum atomic E-state index is -1.04. The van der Waals surface area contributed by atoms with E-state index in [0.717, 1.165) is 17.7 Å². The van der Waals surface area contributed by atoms with Gasteiger partial charge in [0, 0.05) is 18.7 Å². The molecule has 4 amide bonds. The van der Waals surface area contributed by atoms with E-state index in [4.69, 9.17) is 4.74 Å². The molecular weight excluding hydrogens is 381 g/mol. The Labute approximate surface area is 167 Å². The van der Waals surface area contributed by atoms with Gasteiger partial charge in [0.05, 0.1) is 0 Å². The molecular formula is C20H24FN3O5. The Kier molecular flexibility index (Phi) is 6.14. The second-order valence-corrected chi connectivity index (χ2v) is 7.41. The van der Waals surface area contributed by atoms with Gasteiger partial charge >= 0.3 is 12.0 Å². The molecule has 2 fully saturated rings. The number of hydrogen-bond donors (Lipinski definition) is 2. The van der Waals surface area contributed by atoms with Crippen LogP contribution in [0.3, 0.4) is 0 Å². The van der Waals surface area contributed by atoms with E-state index in [0.29, 0.717) is 18.5 Å². The number of hydrogen-bond acceptors (Lipinski definition) is 5. The minimum Gasteiger partial charge on any atom is -0.453 e. The lowest BCUT2D eigenvalue weighted by molar-refractivity contribution is -0.153. The lowest BCUT2D eigenvalue weighted by Crippen LogP contribution is -2.44. The van der Waals surface area contributed by atoms with E-state index in [1.54, 1.807) is 0 Å². The Morgan fingerprint density at radius 1 is 1.24 bits per heavy atom. The number of carbonyl (C=O) groups excluding carboxylic acids is 4. The summed E-state index contributed by atoms with van der Waals surface area (Å²) in [5.74, 6) is -1.79. The number of rotatable bonds is 7. The summed E-state index contributed by atoms with van der Waals surface area (Å²) < 4.78 is 18.0. The minimum absolute atomic E-state index is 0.0295. The van der Waals surface area contributed by atoms with Crippen molar-refractivity contribution in [2.75, 3.05) is 11.9 Å². The molecule has 1 aromatic carbocycles. The number of halogens is 1. The highest BCUT2D eigenvalue weighted by Crippen LogP contribution is 2.35. The maximum atomic E-state index is 12.9. The van der Waals surface area contributed by atoms with Gasteiger partial charge in [-0.25, -0.2) is 9.18 Å². The number of amides is 4. The zero-order valence-electron chi connectivity index (χ0n) is 16.2. The Bertz CT molecular complexity index is 805. The number of urea groups is 1. The summed E-state index contributed by atoms with van der Waals surface area (Å²) in [7, 11) is 0. The van der Waals surface area contributed by atoms with Crippen LogP contribution in [0.1, 0.15) is 45.4 Å². The molecule has 1 aliphatic heterocycles. The van der Waals surface area contributed by atoms with Crippen LogP contribution in [0.5, 0.6) is 0 Å². The van der Waals surface area contributed by atoms with Crippen LogP contribution in [0.2, 0.25) is 0 Å². The molecule has 1 aromatic rings. The highest BCUT2D eigenvalue weighted by atomic mass is 19.1. The summed E-state index contributed by atoms with van der Waals surface area (Å²) in [6.07, 6.45) is 2.30. The van der Waals surface area contributed by atoms with Gasteiger partial charge in [0.2, 0.25) is 0 Å². The molecule has 1 spiro atoms. The first-order chi connectivity index (χ1) is 13.8. The normalized spacial score (nSPS) is 18.6. The maximum absolute atomic E-state index is 12.9. The highest BCUT2D eigenvalue weighted by Gasteiger charge is 2.52. The number of nitrogens with one attached hydrogen (secondary N) is 2. The third kappa shape index (κ3) is 4.72.